The van der Waals surface area contributed by atoms with Crippen LogP contribution >= 0.6 is 11.6 Å². The molecule has 0 spiro atoms. The molecule has 0 amide bonds. The number of benzene rings is 2. The highest BCUT2D eigenvalue weighted by atomic mass is 35.5. The molecule has 0 aliphatic heterocycles. The Morgan fingerprint density at radius 1 is 1.13 bits per heavy atom. The Kier molecular flexibility index (Phi) is 4.51. The van der Waals surface area contributed by atoms with Gasteiger partial charge in [0.25, 0.3) is 0 Å². The summed E-state index contributed by atoms with van der Waals surface area (Å²) in [5, 5.41) is 5.01. The summed E-state index contributed by atoms with van der Waals surface area (Å²) in [6.07, 6.45) is 1.79. The van der Waals surface area contributed by atoms with E-state index >= 15 is 0 Å². The summed E-state index contributed by atoms with van der Waals surface area (Å²) < 4.78 is 0. The Bertz CT molecular complexity index is 840. The van der Waals surface area contributed by atoms with E-state index in [1.165, 1.54) is 0 Å². The van der Waals surface area contributed by atoms with E-state index in [0.717, 1.165) is 22.0 Å². The Labute approximate surface area is 140 Å². The van der Waals surface area contributed by atoms with Crippen LogP contribution in [0.2, 0.25) is 5.02 Å². The lowest BCUT2D eigenvalue weighted by atomic mass is 10.0. The van der Waals surface area contributed by atoms with E-state index in [-0.39, 0.29) is 17.9 Å². The van der Waals surface area contributed by atoms with E-state index in [1.54, 1.807) is 6.20 Å². The van der Waals surface area contributed by atoms with Crippen molar-refractivity contribution in [3.05, 3.63) is 70.9 Å². The first-order valence-electron chi connectivity index (χ1n) is 7.68. The van der Waals surface area contributed by atoms with Gasteiger partial charge in [0, 0.05) is 33.7 Å². The monoisotopic (exact) mass is 326 g/mol. The molecule has 2 N–H and O–H groups in total. The highest BCUT2D eigenvalue weighted by molar-refractivity contribution is 6.30. The van der Waals surface area contributed by atoms with Crippen molar-refractivity contribution in [2.75, 3.05) is 0 Å². The fraction of sp³-hybridized carbons (Fsp3) is 0.211. The summed E-state index contributed by atoms with van der Waals surface area (Å²) >= 11 is 6.04. The van der Waals surface area contributed by atoms with Crippen molar-refractivity contribution >= 4 is 28.3 Å². The summed E-state index contributed by atoms with van der Waals surface area (Å²) in [5.41, 5.74) is 2.76. The van der Waals surface area contributed by atoms with Gasteiger partial charge in [0.05, 0.1) is 6.04 Å². The van der Waals surface area contributed by atoms with Crippen LogP contribution in [0.25, 0.3) is 10.9 Å². The van der Waals surface area contributed by atoms with Gasteiger partial charge in [-0.3, -0.25) is 4.79 Å². The van der Waals surface area contributed by atoms with Gasteiger partial charge in [-0.25, -0.2) is 0 Å². The molecule has 1 heterocycles. The number of para-hydroxylation sites is 1. The van der Waals surface area contributed by atoms with Crippen molar-refractivity contribution in [1.82, 2.24) is 10.3 Å². The maximum atomic E-state index is 12.7. The number of halogens is 1. The Balaban J connectivity index is 1.77. The molecule has 0 radical (unpaired) electrons. The predicted molar refractivity (Wildman–Crippen MR) is 95.1 cm³/mol. The van der Waals surface area contributed by atoms with Crippen molar-refractivity contribution in [3.8, 4) is 0 Å². The Morgan fingerprint density at radius 3 is 2.70 bits per heavy atom. The molecular formula is C19H19ClN2O. The van der Waals surface area contributed by atoms with Gasteiger partial charge in [-0.15, -0.1) is 0 Å². The van der Waals surface area contributed by atoms with Crippen LogP contribution in [0, 0.1) is 0 Å². The van der Waals surface area contributed by atoms with Crippen molar-refractivity contribution in [2.24, 2.45) is 0 Å². The van der Waals surface area contributed by atoms with Gasteiger partial charge in [-0.2, -0.15) is 0 Å². The van der Waals surface area contributed by atoms with Gasteiger partial charge < -0.3 is 10.3 Å². The van der Waals surface area contributed by atoms with Gasteiger partial charge in [0.1, 0.15) is 0 Å². The smallest absolute Gasteiger partial charge is 0.181 e. The van der Waals surface area contributed by atoms with Crippen molar-refractivity contribution < 1.29 is 4.79 Å². The average Bonchev–Trinajstić information content (AvgIpc) is 2.98. The second kappa shape index (κ2) is 6.57. The summed E-state index contributed by atoms with van der Waals surface area (Å²) in [5.74, 6) is 0.0799. The highest BCUT2D eigenvalue weighted by Crippen LogP contribution is 2.21. The third kappa shape index (κ3) is 3.31. The molecular weight excluding hydrogens is 308 g/mol. The zero-order valence-electron chi connectivity index (χ0n) is 13.1. The summed E-state index contributed by atoms with van der Waals surface area (Å²) in [7, 11) is 0. The number of ketones is 1. The maximum Gasteiger partial charge on any atom is 0.181 e. The third-order valence-electron chi connectivity index (χ3n) is 4.10. The number of hydrogen-bond acceptors (Lipinski definition) is 2. The summed E-state index contributed by atoms with van der Waals surface area (Å²) in [6.45, 7) is 3.93. The maximum absolute atomic E-state index is 12.7. The van der Waals surface area contributed by atoms with Crippen molar-refractivity contribution in [3.63, 3.8) is 0 Å². The number of fused-ring (bicyclic) bond motifs is 1. The van der Waals surface area contributed by atoms with Crippen molar-refractivity contribution in [2.45, 2.75) is 25.9 Å². The van der Waals surface area contributed by atoms with Crippen LogP contribution in [-0.2, 0) is 0 Å². The molecule has 3 aromatic rings. The topological polar surface area (TPSA) is 44.9 Å². The van der Waals surface area contributed by atoms with Crippen LogP contribution in [0.5, 0.6) is 0 Å². The minimum atomic E-state index is -0.289. The first kappa shape index (κ1) is 15.8. The zero-order valence-corrected chi connectivity index (χ0v) is 13.9. The molecule has 0 saturated heterocycles. The number of aromatic amines is 1. The van der Waals surface area contributed by atoms with Crippen LogP contribution in [0.3, 0.4) is 0 Å². The first-order valence-corrected chi connectivity index (χ1v) is 8.06. The molecule has 4 heteroatoms. The number of nitrogens with one attached hydrogen (secondary N) is 2. The van der Waals surface area contributed by atoms with E-state index in [0.29, 0.717) is 5.02 Å². The van der Waals surface area contributed by atoms with E-state index in [4.69, 9.17) is 11.6 Å². The number of hydrogen-bond donors (Lipinski definition) is 2. The number of Topliss-reactive ketones (excluding diaryl/α,β-unsaturated/α-hetero) is 1. The van der Waals surface area contributed by atoms with Gasteiger partial charge in [-0.1, -0.05) is 41.9 Å². The molecule has 0 aliphatic rings. The van der Waals surface area contributed by atoms with E-state index in [2.05, 4.69) is 10.3 Å². The van der Waals surface area contributed by atoms with Crippen LogP contribution in [0.15, 0.2) is 54.7 Å². The average molecular weight is 327 g/mol. The second-order valence-electron chi connectivity index (χ2n) is 5.78. The molecule has 0 fully saturated rings. The largest absolute Gasteiger partial charge is 0.360 e. The van der Waals surface area contributed by atoms with E-state index < -0.39 is 0 Å². The van der Waals surface area contributed by atoms with E-state index in [9.17, 15) is 4.79 Å². The molecule has 2 aromatic carbocycles. The Hall–Kier alpha value is -2.10. The second-order valence-corrected chi connectivity index (χ2v) is 6.21. The molecule has 23 heavy (non-hydrogen) atoms. The number of aromatic nitrogens is 1. The third-order valence-corrected chi connectivity index (χ3v) is 4.33. The van der Waals surface area contributed by atoms with Crippen LogP contribution in [0.1, 0.15) is 35.8 Å². The number of carbonyl (C=O) groups excluding carboxylic acids is 1. The lowest BCUT2D eigenvalue weighted by molar-refractivity contribution is 0.0947. The van der Waals surface area contributed by atoms with Gasteiger partial charge in [-0.05, 0) is 37.6 Å². The van der Waals surface area contributed by atoms with Gasteiger partial charge >= 0.3 is 0 Å². The Morgan fingerprint density at radius 2 is 1.91 bits per heavy atom. The molecule has 2 atom stereocenters. The number of rotatable bonds is 5. The first-order chi connectivity index (χ1) is 11.1. The predicted octanol–water partition coefficient (Wildman–Crippen LogP) is 4.74. The number of carbonyl (C=O) groups is 1. The molecule has 0 unspecified atom stereocenters. The summed E-state index contributed by atoms with van der Waals surface area (Å²) in [6, 6.07) is 15.3. The molecule has 0 aliphatic carbocycles. The molecule has 3 nitrogen and oxygen atoms in total. The molecule has 118 valence electrons. The quantitative estimate of drug-likeness (QED) is 0.665. The SMILES string of the molecule is C[C@H](N[C@H](C)C(=O)c1c[nH]c2ccccc12)c1cccc(Cl)c1. The highest BCUT2D eigenvalue weighted by Gasteiger charge is 2.20. The normalized spacial score (nSPS) is 13.9. The van der Waals surface area contributed by atoms with Crippen molar-refractivity contribution in [1.29, 1.82) is 0 Å². The zero-order chi connectivity index (χ0) is 16.4. The fourth-order valence-corrected chi connectivity index (χ4v) is 3.03. The fourth-order valence-electron chi connectivity index (χ4n) is 2.83. The van der Waals surface area contributed by atoms with Crippen LogP contribution < -0.4 is 5.32 Å². The van der Waals surface area contributed by atoms with Gasteiger partial charge in [0.2, 0.25) is 0 Å². The summed E-state index contributed by atoms with van der Waals surface area (Å²) in [4.78, 5) is 15.9. The van der Waals surface area contributed by atoms with Crippen LogP contribution in [0.4, 0.5) is 0 Å². The van der Waals surface area contributed by atoms with Crippen LogP contribution in [-0.4, -0.2) is 16.8 Å². The lowest BCUT2D eigenvalue weighted by Gasteiger charge is -2.19. The molecule has 0 bridgehead atoms. The minimum Gasteiger partial charge on any atom is -0.360 e. The number of H-pyrrole nitrogens is 1. The lowest BCUT2D eigenvalue weighted by Crippen LogP contribution is -2.35. The molecule has 0 saturated carbocycles. The van der Waals surface area contributed by atoms with E-state index in [1.807, 2.05) is 62.4 Å². The minimum absolute atomic E-state index is 0.0397. The molecule has 3 rings (SSSR count). The standard InChI is InChI=1S/C19H19ClN2O/c1-12(14-6-5-7-15(20)10-14)22-13(2)19(23)17-11-21-18-9-4-3-8-16(17)18/h3-13,21-22H,1-2H3/t12-,13+/m0/s1. The van der Waals surface area contributed by atoms with Gasteiger partial charge in [0.15, 0.2) is 5.78 Å². The molecule has 1 aromatic heterocycles.